The van der Waals surface area contributed by atoms with Crippen LogP contribution in [0.4, 0.5) is 0 Å². The highest BCUT2D eigenvalue weighted by atomic mass is 16.5. The second-order valence-electron chi connectivity index (χ2n) is 10.0. The van der Waals surface area contributed by atoms with Gasteiger partial charge < -0.3 is 9.84 Å². The number of carbonyl (C=O) groups excluding carboxylic acids is 1. The molecule has 0 aromatic rings. The number of esters is 1. The van der Waals surface area contributed by atoms with Gasteiger partial charge in [-0.05, 0) is 80.6 Å². The maximum Gasteiger partial charge on any atom is 0.309 e. The van der Waals surface area contributed by atoms with Crippen LogP contribution in [-0.2, 0) is 14.3 Å². The van der Waals surface area contributed by atoms with E-state index in [-0.39, 0.29) is 28.8 Å². The molecule has 144 valence electrons. The van der Waals surface area contributed by atoms with Crippen LogP contribution < -0.4 is 0 Å². The summed E-state index contributed by atoms with van der Waals surface area (Å²) in [6, 6.07) is 0. The molecule has 0 aromatic heterocycles. The fourth-order valence-electron chi connectivity index (χ4n) is 7.95. The summed E-state index contributed by atoms with van der Waals surface area (Å²) in [6.07, 6.45) is 7.86. The van der Waals surface area contributed by atoms with Crippen LogP contribution in [0.5, 0.6) is 0 Å². The van der Waals surface area contributed by atoms with Gasteiger partial charge in [0.25, 0.3) is 0 Å². The molecule has 26 heavy (non-hydrogen) atoms. The first-order chi connectivity index (χ1) is 12.1. The minimum absolute atomic E-state index is 0.0115. The fraction of sp³-hybridized carbons (Fsp3) is 0.818. The van der Waals surface area contributed by atoms with Gasteiger partial charge in [0.05, 0.1) is 5.41 Å². The Kier molecular flexibility index (Phi) is 3.88. The van der Waals surface area contributed by atoms with E-state index in [2.05, 4.69) is 13.5 Å². The highest BCUT2D eigenvalue weighted by molar-refractivity contribution is 5.75. The molecular formula is C22H32O4. The van der Waals surface area contributed by atoms with Crippen LogP contribution in [0.3, 0.4) is 0 Å². The summed E-state index contributed by atoms with van der Waals surface area (Å²) in [7, 11) is 0. The highest BCUT2D eigenvalue weighted by Gasteiger charge is 2.68. The third-order valence-corrected chi connectivity index (χ3v) is 8.95. The summed E-state index contributed by atoms with van der Waals surface area (Å²) in [6.45, 7) is 10.1. The van der Waals surface area contributed by atoms with Crippen LogP contribution >= 0.6 is 0 Å². The number of carboxylic acids is 1. The predicted octanol–water partition coefficient (Wildman–Crippen LogP) is 4.58. The van der Waals surface area contributed by atoms with Crippen LogP contribution in [0.15, 0.2) is 12.2 Å². The molecule has 0 heterocycles. The largest absolute Gasteiger partial charge is 0.481 e. The SMILES string of the molecule is C=C1[C@H]2CC[C@@H]3[C@]4(C)CCC[C@@](C)(C(=O)O)[C@@H]4CC[C@]3(C2)[C@H]1OC(C)=O. The third-order valence-electron chi connectivity index (χ3n) is 8.95. The first-order valence-electron chi connectivity index (χ1n) is 10.2. The lowest BCUT2D eigenvalue weighted by Gasteiger charge is -2.63. The van der Waals surface area contributed by atoms with Crippen molar-refractivity contribution in [3.63, 3.8) is 0 Å². The smallest absolute Gasteiger partial charge is 0.309 e. The van der Waals surface area contributed by atoms with Gasteiger partial charge in [-0.3, -0.25) is 9.59 Å². The molecule has 4 saturated carbocycles. The van der Waals surface area contributed by atoms with Gasteiger partial charge in [-0.15, -0.1) is 0 Å². The van der Waals surface area contributed by atoms with Crippen molar-refractivity contribution < 1.29 is 19.4 Å². The number of hydrogen-bond donors (Lipinski definition) is 1. The molecule has 0 saturated heterocycles. The Bertz CT molecular complexity index is 669. The first-order valence-corrected chi connectivity index (χ1v) is 10.2. The average molecular weight is 360 g/mol. The molecule has 4 nitrogen and oxygen atoms in total. The highest BCUT2D eigenvalue weighted by Crippen LogP contribution is 2.72. The molecule has 1 N–H and O–H groups in total. The number of ether oxygens (including phenoxy) is 1. The van der Waals surface area contributed by atoms with Crippen LogP contribution in [0, 0.1) is 34.0 Å². The second kappa shape index (κ2) is 5.59. The van der Waals surface area contributed by atoms with Crippen LogP contribution in [0.2, 0.25) is 0 Å². The second-order valence-corrected chi connectivity index (χ2v) is 10.0. The van der Waals surface area contributed by atoms with Gasteiger partial charge in [-0.1, -0.05) is 19.9 Å². The third kappa shape index (κ3) is 2.13. The van der Waals surface area contributed by atoms with Crippen molar-refractivity contribution in [3.8, 4) is 0 Å². The van der Waals surface area contributed by atoms with E-state index in [1.54, 1.807) is 0 Å². The Morgan fingerprint density at radius 2 is 1.85 bits per heavy atom. The molecule has 7 atom stereocenters. The Morgan fingerprint density at radius 1 is 1.12 bits per heavy atom. The molecule has 1 spiro atoms. The number of rotatable bonds is 2. The quantitative estimate of drug-likeness (QED) is 0.578. The van der Waals surface area contributed by atoms with E-state index in [9.17, 15) is 14.7 Å². The summed E-state index contributed by atoms with van der Waals surface area (Å²) in [4.78, 5) is 24.0. The molecule has 4 heteroatoms. The van der Waals surface area contributed by atoms with E-state index in [0.29, 0.717) is 11.8 Å². The predicted molar refractivity (Wildman–Crippen MR) is 98.4 cm³/mol. The maximum atomic E-state index is 12.2. The summed E-state index contributed by atoms with van der Waals surface area (Å²) < 4.78 is 5.87. The molecule has 0 amide bonds. The van der Waals surface area contributed by atoms with Crippen LogP contribution in [-0.4, -0.2) is 23.1 Å². The summed E-state index contributed by atoms with van der Waals surface area (Å²) >= 11 is 0. The lowest BCUT2D eigenvalue weighted by atomic mass is 9.40. The van der Waals surface area contributed by atoms with Crippen molar-refractivity contribution in [1.82, 2.24) is 0 Å². The normalized spacial score (nSPS) is 49.9. The number of aliphatic carboxylic acids is 1. The number of fused-ring (bicyclic) bond motifs is 3. The molecule has 2 bridgehead atoms. The van der Waals surface area contributed by atoms with Crippen molar-refractivity contribution in [2.75, 3.05) is 0 Å². The van der Waals surface area contributed by atoms with Gasteiger partial charge in [0.15, 0.2) is 0 Å². The van der Waals surface area contributed by atoms with Crippen LogP contribution in [0.25, 0.3) is 0 Å². The molecule has 0 aliphatic heterocycles. The zero-order valence-corrected chi connectivity index (χ0v) is 16.3. The van der Waals surface area contributed by atoms with Crippen molar-refractivity contribution in [3.05, 3.63) is 12.2 Å². The fourth-order valence-corrected chi connectivity index (χ4v) is 7.95. The molecular weight excluding hydrogens is 328 g/mol. The Hall–Kier alpha value is -1.32. The molecule has 4 aliphatic carbocycles. The number of carboxylic acid groups (broad SMARTS) is 1. The van der Waals surface area contributed by atoms with Crippen molar-refractivity contribution >= 4 is 11.9 Å². The molecule has 0 aromatic carbocycles. The van der Waals surface area contributed by atoms with E-state index in [4.69, 9.17) is 4.74 Å². The zero-order chi connectivity index (χ0) is 18.9. The van der Waals surface area contributed by atoms with Crippen molar-refractivity contribution in [2.24, 2.45) is 34.0 Å². The summed E-state index contributed by atoms with van der Waals surface area (Å²) in [5.74, 6) is 0.242. The zero-order valence-electron chi connectivity index (χ0n) is 16.3. The number of carbonyl (C=O) groups is 2. The van der Waals surface area contributed by atoms with Gasteiger partial charge in [0.2, 0.25) is 0 Å². The molecule has 4 rings (SSSR count). The molecule has 4 aliphatic rings. The maximum absolute atomic E-state index is 12.2. The average Bonchev–Trinajstić information content (AvgIpc) is 2.75. The standard InChI is InChI=1S/C22H32O4/c1-13-15-6-7-17-20(3)9-5-10-21(4,19(24)25)16(20)8-11-22(17,12-15)18(13)26-14(2)23/h15-18H,1,5-12H2,2-4H3,(H,24,25)/t15-,16+,17+,18-,20+,21+,22+/m0/s1. The number of hydrogen-bond acceptors (Lipinski definition) is 3. The van der Waals surface area contributed by atoms with Gasteiger partial charge >= 0.3 is 11.9 Å². The van der Waals surface area contributed by atoms with Gasteiger partial charge in [-0.2, -0.15) is 0 Å². The molecule has 4 fully saturated rings. The van der Waals surface area contributed by atoms with Crippen molar-refractivity contribution in [2.45, 2.75) is 78.2 Å². The molecule has 0 radical (unpaired) electrons. The summed E-state index contributed by atoms with van der Waals surface area (Å²) in [5, 5.41) is 10.0. The van der Waals surface area contributed by atoms with E-state index in [1.807, 2.05) is 6.92 Å². The Morgan fingerprint density at radius 3 is 2.50 bits per heavy atom. The Labute approximate surface area is 156 Å². The minimum Gasteiger partial charge on any atom is -0.481 e. The monoisotopic (exact) mass is 360 g/mol. The first kappa shape index (κ1) is 18.1. The van der Waals surface area contributed by atoms with Gasteiger partial charge in [0.1, 0.15) is 6.10 Å². The topological polar surface area (TPSA) is 63.6 Å². The Balaban J connectivity index is 1.77. The van der Waals surface area contributed by atoms with Crippen molar-refractivity contribution in [1.29, 1.82) is 0 Å². The minimum atomic E-state index is -0.634. The van der Waals surface area contributed by atoms with E-state index in [1.165, 1.54) is 6.92 Å². The van der Waals surface area contributed by atoms with Crippen LogP contribution in [0.1, 0.15) is 72.1 Å². The lowest BCUT2D eigenvalue weighted by Crippen LogP contribution is -2.60. The van der Waals surface area contributed by atoms with E-state index >= 15 is 0 Å². The van der Waals surface area contributed by atoms with Gasteiger partial charge in [0, 0.05) is 12.3 Å². The lowest BCUT2D eigenvalue weighted by molar-refractivity contribution is -0.195. The summed E-state index contributed by atoms with van der Waals surface area (Å²) in [5.41, 5.74) is 0.477. The molecule has 0 unspecified atom stereocenters. The van der Waals surface area contributed by atoms with E-state index < -0.39 is 11.4 Å². The van der Waals surface area contributed by atoms with E-state index in [0.717, 1.165) is 56.9 Å². The van der Waals surface area contributed by atoms with Gasteiger partial charge in [-0.25, -0.2) is 0 Å².